The van der Waals surface area contributed by atoms with Crippen LogP contribution >= 0.6 is 0 Å². The molecule has 5 heteroatoms. The first kappa shape index (κ1) is 12.1. The van der Waals surface area contributed by atoms with Gasteiger partial charge in [-0.1, -0.05) is 25.6 Å². The van der Waals surface area contributed by atoms with Gasteiger partial charge in [0.2, 0.25) is 0 Å². The summed E-state index contributed by atoms with van der Waals surface area (Å²) in [5.41, 5.74) is 0. The zero-order valence-corrected chi connectivity index (χ0v) is 10.0. The molecule has 0 N–H and O–H groups in total. The van der Waals surface area contributed by atoms with Crippen molar-refractivity contribution in [3.05, 3.63) is 0 Å². The van der Waals surface area contributed by atoms with Crippen LogP contribution in [-0.2, 0) is 14.3 Å². The van der Waals surface area contributed by atoms with Crippen LogP contribution in [0.2, 0.25) is 19.1 Å². The first-order valence-electron chi connectivity index (χ1n) is 4.26. The Hall–Kier alpha value is 0.127. The van der Waals surface area contributed by atoms with Gasteiger partial charge in [0, 0.05) is 8.80 Å². The molecular formula is C7H18O3SSi. The van der Waals surface area contributed by atoms with Crippen LogP contribution in [-0.4, -0.2) is 30.1 Å². The summed E-state index contributed by atoms with van der Waals surface area (Å²) in [5.74, 6) is 0.171. The second-order valence-corrected chi connectivity index (χ2v) is 8.54. The van der Waals surface area contributed by atoms with E-state index >= 15 is 0 Å². The fraction of sp³-hybridized carbons (Fsp3) is 1.00. The zero-order chi connectivity index (χ0) is 9.61. The minimum absolute atomic E-state index is 0.171. The Morgan fingerprint density at radius 2 is 1.83 bits per heavy atom. The largest absolute Gasteiger partial charge is 0.273 e. The highest BCUT2D eigenvalue weighted by Crippen LogP contribution is 2.04. The average molecular weight is 210 g/mol. The van der Waals surface area contributed by atoms with Crippen molar-refractivity contribution in [2.75, 3.05) is 12.9 Å². The molecule has 0 bridgehead atoms. The van der Waals surface area contributed by atoms with E-state index in [9.17, 15) is 8.42 Å². The number of rotatable bonds is 6. The summed E-state index contributed by atoms with van der Waals surface area (Å²) < 4.78 is 26.0. The zero-order valence-electron chi connectivity index (χ0n) is 8.04. The van der Waals surface area contributed by atoms with E-state index in [1.54, 1.807) is 0 Å². The maximum Gasteiger partial charge on any atom is 0.267 e. The van der Waals surface area contributed by atoms with Crippen molar-refractivity contribution in [2.45, 2.75) is 32.0 Å². The minimum atomic E-state index is -3.20. The predicted octanol–water partition coefficient (Wildman–Crippen LogP) is 1.23. The quantitative estimate of drug-likeness (QED) is 0.376. The van der Waals surface area contributed by atoms with Crippen molar-refractivity contribution in [3.8, 4) is 0 Å². The molecule has 0 aliphatic rings. The maximum atomic E-state index is 10.8. The van der Waals surface area contributed by atoms with Crippen LogP contribution in [0.15, 0.2) is 0 Å². The van der Waals surface area contributed by atoms with E-state index in [1.165, 1.54) is 13.2 Å². The molecule has 0 aliphatic carbocycles. The molecule has 74 valence electrons. The third-order valence-corrected chi connectivity index (χ3v) is 4.54. The van der Waals surface area contributed by atoms with Crippen LogP contribution in [0.1, 0.15) is 12.8 Å². The molecule has 0 spiro atoms. The first-order chi connectivity index (χ1) is 5.48. The molecule has 0 saturated heterocycles. The van der Waals surface area contributed by atoms with E-state index in [0.717, 1.165) is 12.8 Å². The Morgan fingerprint density at radius 1 is 1.25 bits per heavy atom. The summed E-state index contributed by atoms with van der Waals surface area (Å²) in [6.45, 7) is 4.54. The molecule has 0 radical (unpaired) electrons. The highest BCUT2D eigenvalue weighted by molar-refractivity contribution is 7.86. The fourth-order valence-electron chi connectivity index (χ4n) is 0.915. The van der Waals surface area contributed by atoms with Crippen molar-refractivity contribution < 1.29 is 12.6 Å². The van der Waals surface area contributed by atoms with Crippen molar-refractivity contribution >= 4 is 18.9 Å². The lowest BCUT2D eigenvalue weighted by atomic mass is 10.4. The summed E-state index contributed by atoms with van der Waals surface area (Å²) in [7, 11) is -2.49. The molecule has 0 atom stereocenters. The van der Waals surface area contributed by atoms with Gasteiger partial charge in [-0.05, 0) is 6.42 Å². The summed E-state index contributed by atoms with van der Waals surface area (Å²) >= 11 is 0. The maximum absolute atomic E-state index is 10.8. The van der Waals surface area contributed by atoms with Crippen molar-refractivity contribution in [2.24, 2.45) is 0 Å². The number of unbranched alkanes of at least 4 members (excludes halogenated alkanes) is 1. The Bertz CT molecular complexity index is 199. The fourth-order valence-corrected chi connectivity index (χ4v) is 2.74. The van der Waals surface area contributed by atoms with Gasteiger partial charge in [-0.25, -0.2) is 0 Å². The van der Waals surface area contributed by atoms with Gasteiger partial charge in [0.1, 0.15) is 0 Å². The molecule has 0 rings (SSSR count). The van der Waals surface area contributed by atoms with Crippen molar-refractivity contribution in [1.82, 2.24) is 0 Å². The molecule has 0 aromatic rings. The Morgan fingerprint density at radius 3 is 2.25 bits per heavy atom. The normalized spacial score (nSPS) is 12.3. The molecule has 0 aromatic heterocycles. The SMILES string of the molecule is COS(=O)(=O)CCCC[SiH](C)C. The Kier molecular flexibility index (Phi) is 5.78. The van der Waals surface area contributed by atoms with Crippen LogP contribution in [0.25, 0.3) is 0 Å². The standard InChI is InChI=1S/C7H18O3SSi/c1-10-11(8,9)6-4-5-7-12(2)3/h12H,4-7H2,1-3H3. The van der Waals surface area contributed by atoms with Crippen molar-refractivity contribution in [3.63, 3.8) is 0 Å². The summed E-state index contributed by atoms with van der Waals surface area (Å²) in [4.78, 5) is 0. The van der Waals surface area contributed by atoms with E-state index < -0.39 is 18.9 Å². The molecule has 12 heavy (non-hydrogen) atoms. The third-order valence-electron chi connectivity index (χ3n) is 1.68. The van der Waals surface area contributed by atoms with Crippen LogP contribution in [0.3, 0.4) is 0 Å². The monoisotopic (exact) mass is 210 g/mol. The molecular weight excluding hydrogens is 192 g/mol. The van der Waals surface area contributed by atoms with Gasteiger partial charge < -0.3 is 0 Å². The van der Waals surface area contributed by atoms with Gasteiger partial charge >= 0.3 is 0 Å². The minimum Gasteiger partial charge on any atom is -0.273 e. The molecule has 0 saturated carbocycles. The molecule has 0 amide bonds. The first-order valence-corrected chi connectivity index (χ1v) is 8.96. The van der Waals surface area contributed by atoms with E-state index in [2.05, 4.69) is 17.3 Å². The molecule has 0 aromatic carbocycles. The topological polar surface area (TPSA) is 43.4 Å². The smallest absolute Gasteiger partial charge is 0.267 e. The van der Waals surface area contributed by atoms with Gasteiger partial charge in [-0.15, -0.1) is 0 Å². The highest BCUT2D eigenvalue weighted by Gasteiger charge is 2.07. The second kappa shape index (κ2) is 5.72. The van der Waals surface area contributed by atoms with Crippen molar-refractivity contribution in [1.29, 1.82) is 0 Å². The third kappa shape index (κ3) is 6.81. The second-order valence-electron chi connectivity index (χ2n) is 3.32. The number of hydrogen-bond donors (Lipinski definition) is 0. The lowest BCUT2D eigenvalue weighted by molar-refractivity contribution is 0.396. The molecule has 0 aliphatic heterocycles. The summed E-state index contributed by atoms with van der Waals surface area (Å²) in [6, 6.07) is 1.22. The highest BCUT2D eigenvalue weighted by atomic mass is 32.2. The lowest BCUT2D eigenvalue weighted by Crippen LogP contribution is -2.08. The van der Waals surface area contributed by atoms with E-state index in [1.807, 2.05) is 0 Å². The van der Waals surface area contributed by atoms with Crippen LogP contribution in [0, 0.1) is 0 Å². The van der Waals surface area contributed by atoms with Crippen LogP contribution in [0.5, 0.6) is 0 Å². The molecule has 0 fully saturated rings. The summed E-state index contributed by atoms with van der Waals surface area (Å²) in [6.07, 6.45) is 1.76. The summed E-state index contributed by atoms with van der Waals surface area (Å²) in [5, 5.41) is 0. The van der Waals surface area contributed by atoms with Crippen LogP contribution < -0.4 is 0 Å². The Balaban J connectivity index is 3.45. The van der Waals surface area contributed by atoms with Gasteiger partial charge in [-0.3, -0.25) is 4.18 Å². The van der Waals surface area contributed by atoms with Gasteiger partial charge in [0.25, 0.3) is 10.1 Å². The van der Waals surface area contributed by atoms with E-state index in [4.69, 9.17) is 0 Å². The van der Waals surface area contributed by atoms with Gasteiger partial charge in [-0.2, -0.15) is 8.42 Å². The van der Waals surface area contributed by atoms with Crippen LogP contribution in [0.4, 0.5) is 0 Å². The molecule has 0 heterocycles. The van der Waals surface area contributed by atoms with E-state index in [0.29, 0.717) is 0 Å². The molecule has 3 nitrogen and oxygen atoms in total. The lowest BCUT2D eigenvalue weighted by Gasteiger charge is -2.02. The van der Waals surface area contributed by atoms with E-state index in [-0.39, 0.29) is 5.75 Å². The number of hydrogen-bond acceptors (Lipinski definition) is 3. The molecule has 0 unspecified atom stereocenters. The average Bonchev–Trinajstić information content (AvgIpc) is 1.98. The van der Waals surface area contributed by atoms with Gasteiger partial charge in [0.15, 0.2) is 0 Å². The Labute approximate surface area is 76.9 Å². The van der Waals surface area contributed by atoms with Gasteiger partial charge in [0.05, 0.1) is 12.9 Å². The predicted molar refractivity (Wildman–Crippen MR) is 53.7 cm³/mol.